The minimum atomic E-state index is -1.01. The van der Waals surface area contributed by atoms with Crippen molar-refractivity contribution >= 4 is 22.6 Å². The van der Waals surface area contributed by atoms with Crippen LogP contribution >= 0.6 is 11.6 Å². The Bertz CT molecular complexity index is 1380. The zero-order valence-corrected chi connectivity index (χ0v) is 19.5. The molecule has 0 bridgehead atoms. The fraction of sp³-hybridized carbons (Fsp3) is 0.320. The minimum absolute atomic E-state index is 0.135. The van der Waals surface area contributed by atoms with Gasteiger partial charge in [0, 0.05) is 24.2 Å². The molecule has 3 heterocycles. The van der Waals surface area contributed by atoms with E-state index < -0.39 is 5.60 Å². The molecule has 0 aliphatic carbocycles. The summed E-state index contributed by atoms with van der Waals surface area (Å²) in [5, 5.41) is 16.6. The van der Waals surface area contributed by atoms with Gasteiger partial charge in [-0.05, 0) is 55.7 Å². The molecule has 1 saturated heterocycles. The number of aromatic nitrogens is 4. The minimum Gasteiger partial charge on any atom is -0.388 e. The number of halogens is 2. The maximum atomic E-state index is 13.3. The number of aliphatic hydroxyl groups is 1. The topological polar surface area (TPSA) is 76.2 Å². The van der Waals surface area contributed by atoms with E-state index >= 15 is 0 Å². The first kappa shape index (κ1) is 22.7. The van der Waals surface area contributed by atoms with Gasteiger partial charge < -0.3 is 5.11 Å². The standard InChI is InChI=1S/C25H25ClFN5O2/c1-17(20-4-2-3-5-22(20)26)30-12-10-25(34,11-13-30)15-31-16-28-23-21(24(31)33)14-29-32(23)19-8-6-18(27)7-9-19/h2-9,14,16-17,34H,10-13,15H2,1H3. The normalized spacial score (nSPS) is 17.2. The lowest BCUT2D eigenvalue weighted by atomic mass is 9.90. The molecule has 5 rings (SSSR count). The van der Waals surface area contributed by atoms with Crippen molar-refractivity contribution in [3.05, 3.63) is 87.8 Å². The summed E-state index contributed by atoms with van der Waals surface area (Å²) in [7, 11) is 0. The zero-order valence-electron chi connectivity index (χ0n) is 18.7. The van der Waals surface area contributed by atoms with Crippen molar-refractivity contribution in [3.63, 3.8) is 0 Å². The van der Waals surface area contributed by atoms with Gasteiger partial charge in [-0.15, -0.1) is 0 Å². The van der Waals surface area contributed by atoms with Gasteiger partial charge in [0.15, 0.2) is 5.65 Å². The third-order valence-electron chi connectivity index (χ3n) is 6.72. The summed E-state index contributed by atoms with van der Waals surface area (Å²) in [6, 6.07) is 13.8. The van der Waals surface area contributed by atoms with Crippen molar-refractivity contribution in [2.24, 2.45) is 0 Å². The molecular weight excluding hydrogens is 457 g/mol. The highest BCUT2D eigenvalue weighted by atomic mass is 35.5. The molecule has 176 valence electrons. The maximum Gasteiger partial charge on any atom is 0.264 e. The molecule has 1 aliphatic heterocycles. The van der Waals surface area contributed by atoms with E-state index in [4.69, 9.17) is 11.6 Å². The lowest BCUT2D eigenvalue weighted by Gasteiger charge is -2.41. The van der Waals surface area contributed by atoms with Crippen LogP contribution in [0.2, 0.25) is 5.02 Å². The Hall–Kier alpha value is -3.07. The fourth-order valence-electron chi connectivity index (χ4n) is 4.65. The fourth-order valence-corrected chi connectivity index (χ4v) is 4.94. The molecule has 1 atom stereocenters. The molecule has 0 radical (unpaired) electrons. The second-order valence-corrected chi connectivity index (χ2v) is 9.31. The van der Waals surface area contributed by atoms with Gasteiger partial charge in [0.05, 0.1) is 24.0 Å². The Morgan fingerprint density at radius 3 is 2.56 bits per heavy atom. The number of nitrogens with zero attached hydrogens (tertiary/aromatic N) is 5. The first-order valence-corrected chi connectivity index (χ1v) is 11.6. The SMILES string of the molecule is CC(c1ccccc1Cl)N1CCC(O)(Cn2cnc3c(cnn3-c3ccc(F)cc3)c2=O)CC1. The van der Waals surface area contributed by atoms with Crippen LogP contribution in [-0.4, -0.2) is 48.0 Å². The van der Waals surface area contributed by atoms with Gasteiger partial charge in [0.1, 0.15) is 17.5 Å². The van der Waals surface area contributed by atoms with Crippen LogP contribution in [0, 0.1) is 5.82 Å². The van der Waals surface area contributed by atoms with E-state index in [9.17, 15) is 14.3 Å². The second kappa shape index (κ2) is 8.94. The van der Waals surface area contributed by atoms with Gasteiger partial charge in [0.2, 0.25) is 0 Å². The molecule has 4 aromatic rings. The van der Waals surface area contributed by atoms with Crippen LogP contribution in [0.5, 0.6) is 0 Å². The van der Waals surface area contributed by atoms with Crippen molar-refractivity contribution in [2.75, 3.05) is 13.1 Å². The Balaban J connectivity index is 1.32. The molecule has 1 aliphatic rings. The molecule has 0 amide bonds. The van der Waals surface area contributed by atoms with Crippen LogP contribution in [0.15, 0.2) is 65.8 Å². The molecule has 7 nitrogen and oxygen atoms in total. The first-order valence-electron chi connectivity index (χ1n) is 11.2. The molecule has 0 spiro atoms. The van der Waals surface area contributed by atoms with E-state index in [0.29, 0.717) is 42.7 Å². The summed E-state index contributed by atoms with van der Waals surface area (Å²) in [5.74, 6) is -0.351. The highest BCUT2D eigenvalue weighted by molar-refractivity contribution is 6.31. The number of hydrogen-bond acceptors (Lipinski definition) is 5. The lowest BCUT2D eigenvalue weighted by molar-refractivity contribution is -0.0424. The van der Waals surface area contributed by atoms with E-state index in [1.165, 1.54) is 33.9 Å². The van der Waals surface area contributed by atoms with Gasteiger partial charge in [-0.1, -0.05) is 29.8 Å². The number of fused-ring (bicyclic) bond motifs is 1. The number of hydrogen-bond donors (Lipinski definition) is 1. The molecule has 9 heteroatoms. The third kappa shape index (κ3) is 4.24. The Labute approximate surface area is 201 Å². The van der Waals surface area contributed by atoms with Crippen molar-refractivity contribution in [1.29, 1.82) is 0 Å². The number of piperidine rings is 1. The smallest absolute Gasteiger partial charge is 0.264 e. The van der Waals surface area contributed by atoms with Gasteiger partial charge in [-0.25, -0.2) is 14.1 Å². The summed E-state index contributed by atoms with van der Waals surface area (Å²) in [6.07, 6.45) is 3.97. The molecule has 34 heavy (non-hydrogen) atoms. The zero-order chi connectivity index (χ0) is 23.9. The second-order valence-electron chi connectivity index (χ2n) is 8.91. The van der Waals surface area contributed by atoms with Crippen molar-refractivity contribution in [3.8, 4) is 5.69 Å². The predicted octanol–water partition coefficient (Wildman–Crippen LogP) is 3.96. The van der Waals surface area contributed by atoms with Gasteiger partial charge in [0.25, 0.3) is 5.56 Å². The predicted molar refractivity (Wildman–Crippen MR) is 129 cm³/mol. The Kier molecular flexibility index (Phi) is 5.97. The van der Waals surface area contributed by atoms with Gasteiger partial charge in [-0.2, -0.15) is 5.10 Å². The van der Waals surface area contributed by atoms with Crippen LogP contribution < -0.4 is 5.56 Å². The quantitative estimate of drug-likeness (QED) is 0.467. The van der Waals surface area contributed by atoms with Crippen LogP contribution in [0.1, 0.15) is 31.4 Å². The van der Waals surface area contributed by atoms with Gasteiger partial charge >= 0.3 is 0 Å². The Morgan fingerprint density at radius 2 is 1.85 bits per heavy atom. The van der Waals surface area contributed by atoms with Crippen molar-refractivity contribution in [2.45, 2.75) is 38.0 Å². The molecule has 2 aromatic carbocycles. The lowest BCUT2D eigenvalue weighted by Crippen LogP contribution is -2.48. The van der Waals surface area contributed by atoms with E-state index in [1.807, 2.05) is 24.3 Å². The molecule has 0 saturated carbocycles. The molecule has 1 fully saturated rings. The average Bonchev–Trinajstić information content (AvgIpc) is 3.27. The highest BCUT2D eigenvalue weighted by Crippen LogP contribution is 2.32. The summed E-state index contributed by atoms with van der Waals surface area (Å²) in [6.45, 7) is 3.66. The van der Waals surface area contributed by atoms with E-state index in [0.717, 1.165) is 10.6 Å². The molecule has 2 aromatic heterocycles. The largest absolute Gasteiger partial charge is 0.388 e. The monoisotopic (exact) mass is 481 g/mol. The van der Waals surface area contributed by atoms with Gasteiger partial charge in [-0.3, -0.25) is 14.3 Å². The van der Waals surface area contributed by atoms with Crippen molar-refractivity contribution < 1.29 is 9.50 Å². The number of benzene rings is 2. The van der Waals surface area contributed by atoms with Crippen LogP contribution in [0.25, 0.3) is 16.7 Å². The summed E-state index contributed by atoms with van der Waals surface area (Å²) in [4.78, 5) is 19.8. The summed E-state index contributed by atoms with van der Waals surface area (Å²) >= 11 is 6.37. The Morgan fingerprint density at radius 1 is 1.15 bits per heavy atom. The van der Waals surface area contributed by atoms with Crippen LogP contribution in [-0.2, 0) is 6.54 Å². The number of likely N-dealkylation sites (tertiary alicyclic amines) is 1. The number of rotatable bonds is 5. The summed E-state index contributed by atoms with van der Waals surface area (Å²) < 4.78 is 16.2. The molecule has 1 N–H and O–H groups in total. The molecule has 1 unspecified atom stereocenters. The summed E-state index contributed by atoms with van der Waals surface area (Å²) in [5.41, 5.74) is 0.795. The average molecular weight is 482 g/mol. The highest BCUT2D eigenvalue weighted by Gasteiger charge is 2.35. The maximum absolute atomic E-state index is 13.3. The first-order chi connectivity index (χ1) is 16.3. The van der Waals surface area contributed by atoms with E-state index in [2.05, 4.69) is 21.9 Å². The third-order valence-corrected chi connectivity index (χ3v) is 7.07. The van der Waals surface area contributed by atoms with E-state index in [1.54, 1.807) is 12.1 Å². The van der Waals surface area contributed by atoms with Crippen LogP contribution in [0.3, 0.4) is 0 Å². The van der Waals surface area contributed by atoms with Crippen LogP contribution in [0.4, 0.5) is 4.39 Å². The van der Waals surface area contributed by atoms with Crippen molar-refractivity contribution in [1.82, 2.24) is 24.2 Å². The molecular formula is C25H25ClFN5O2. The van der Waals surface area contributed by atoms with E-state index in [-0.39, 0.29) is 24.0 Å².